The molecule has 1 fully saturated rings. The van der Waals surface area contributed by atoms with Crippen LogP contribution in [0.25, 0.3) is 0 Å². The highest BCUT2D eigenvalue weighted by atomic mass is 16.2. The molecule has 0 aromatic carbocycles. The molecule has 2 rings (SSSR count). The summed E-state index contributed by atoms with van der Waals surface area (Å²) in [6.07, 6.45) is 3.48. The maximum atomic E-state index is 13.1. The van der Waals surface area contributed by atoms with E-state index in [4.69, 9.17) is 0 Å². The standard InChI is InChI=1S/C18H26N2O2/c1-13-11-15(21)8-9-16(13)17(22)20(18(2,3)4)12-14-7-5-6-10-19-14/h5-7,10,13,16H,8-9,11-12H2,1-4H3/t13-,16+/m1/s1. The number of nitrogens with zero attached hydrogens (tertiary/aromatic N) is 2. The fourth-order valence-corrected chi connectivity index (χ4v) is 3.07. The summed E-state index contributed by atoms with van der Waals surface area (Å²) in [7, 11) is 0. The molecule has 1 amide bonds. The molecule has 1 heterocycles. The molecule has 4 nitrogen and oxygen atoms in total. The second kappa shape index (κ2) is 6.59. The van der Waals surface area contributed by atoms with Gasteiger partial charge < -0.3 is 4.90 Å². The van der Waals surface area contributed by atoms with Gasteiger partial charge in [-0.15, -0.1) is 0 Å². The van der Waals surface area contributed by atoms with Gasteiger partial charge in [0.25, 0.3) is 0 Å². The molecule has 0 radical (unpaired) electrons. The van der Waals surface area contributed by atoms with Crippen LogP contribution in [-0.2, 0) is 16.1 Å². The van der Waals surface area contributed by atoms with Crippen molar-refractivity contribution < 1.29 is 9.59 Å². The zero-order valence-electron chi connectivity index (χ0n) is 14.0. The SMILES string of the molecule is C[C@@H]1CC(=O)CC[C@@H]1C(=O)N(Cc1ccccn1)C(C)(C)C. The summed E-state index contributed by atoms with van der Waals surface area (Å²) in [5.41, 5.74) is 0.626. The molecule has 0 saturated heterocycles. The minimum atomic E-state index is -0.268. The Morgan fingerprint density at radius 2 is 2.09 bits per heavy atom. The Hall–Kier alpha value is -1.71. The lowest BCUT2D eigenvalue weighted by Crippen LogP contribution is -2.49. The van der Waals surface area contributed by atoms with Crippen molar-refractivity contribution in [2.75, 3.05) is 0 Å². The monoisotopic (exact) mass is 302 g/mol. The molecule has 0 spiro atoms. The number of pyridine rings is 1. The summed E-state index contributed by atoms with van der Waals surface area (Å²) in [6, 6.07) is 5.76. The van der Waals surface area contributed by atoms with E-state index in [-0.39, 0.29) is 29.1 Å². The van der Waals surface area contributed by atoms with Gasteiger partial charge in [-0.2, -0.15) is 0 Å². The van der Waals surface area contributed by atoms with Gasteiger partial charge in [0.1, 0.15) is 5.78 Å². The first-order valence-corrected chi connectivity index (χ1v) is 8.02. The van der Waals surface area contributed by atoms with Gasteiger partial charge in [0.2, 0.25) is 5.91 Å². The third-order valence-electron chi connectivity index (χ3n) is 4.41. The normalized spacial score (nSPS) is 22.5. The Morgan fingerprint density at radius 3 is 2.64 bits per heavy atom. The number of rotatable bonds is 3. The zero-order chi connectivity index (χ0) is 16.3. The second-order valence-electron chi connectivity index (χ2n) is 7.28. The lowest BCUT2D eigenvalue weighted by atomic mass is 9.78. The topological polar surface area (TPSA) is 50.3 Å². The van der Waals surface area contributed by atoms with E-state index < -0.39 is 0 Å². The minimum absolute atomic E-state index is 0.0550. The smallest absolute Gasteiger partial charge is 0.226 e. The summed E-state index contributed by atoms with van der Waals surface area (Å²) in [5, 5.41) is 0. The van der Waals surface area contributed by atoms with E-state index in [0.29, 0.717) is 25.8 Å². The van der Waals surface area contributed by atoms with E-state index in [9.17, 15) is 9.59 Å². The number of aromatic nitrogens is 1. The summed E-state index contributed by atoms with van der Waals surface area (Å²) in [5.74, 6) is 0.504. The van der Waals surface area contributed by atoms with Gasteiger partial charge in [-0.1, -0.05) is 13.0 Å². The fraction of sp³-hybridized carbons (Fsp3) is 0.611. The summed E-state index contributed by atoms with van der Waals surface area (Å²) in [6.45, 7) is 8.67. The first-order chi connectivity index (χ1) is 10.3. The van der Waals surface area contributed by atoms with Gasteiger partial charge in [0.05, 0.1) is 12.2 Å². The average Bonchev–Trinajstić information content (AvgIpc) is 2.44. The molecule has 4 heteroatoms. The van der Waals surface area contributed by atoms with Gasteiger partial charge in [-0.05, 0) is 45.2 Å². The van der Waals surface area contributed by atoms with Crippen LogP contribution in [0.2, 0.25) is 0 Å². The van der Waals surface area contributed by atoms with Gasteiger partial charge in [0.15, 0.2) is 0 Å². The van der Waals surface area contributed by atoms with Crippen LogP contribution in [0.1, 0.15) is 52.7 Å². The van der Waals surface area contributed by atoms with E-state index in [2.05, 4.69) is 4.98 Å². The van der Waals surface area contributed by atoms with Crippen LogP contribution in [0.5, 0.6) is 0 Å². The Kier molecular flexibility index (Phi) is 4.99. The third kappa shape index (κ3) is 3.93. The Labute approximate surface area is 132 Å². The molecule has 2 atom stereocenters. The zero-order valence-corrected chi connectivity index (χ0v) is 14.0. The Balaban J connectivity index is 2.18. The highest BCUT2D eigenvalue weighted by Gasteiger charge is 2.37. The lowest BCUT2D eigenvalue weighted by molar-refractivity contribution is -0.145. The van der Waals surface area contributed by atoms with Crippen molar-refractivity contribution in [1.29, 1.82) is 0 Å². The lowest BCUT2D eigenvalue weighted by Gasteiger charge is -2.40. The number of Topliss-reactive ketones (excluding diaryl/α,β-unsaturated/α-hetero) is 1. The molecule has 1 aromatic rings. The van der Waals surface area contributed by atoms with Crippen LogP contribution in [0.4, 0.5) is 0 Å². The van der Waals surface area contributed by atoms with Crippen LogP contribution in [0.3, 0.4) is 0 Å². The van der Waals surface area contributed by atoms with Crippen LogP contribution < -0.4 is 0 Å². The van der Waals surface area contributed by atoms with Gasteiger partial charge in [-0.25, -0.2) is 0 Å². The van der Waals surface area contributed by atoms with E-state index in [1.165, 1.54) is 0 Å². The second-order valence-corrected chi connectivity index (χ2v) is 7.28. The van der Waals surface area contributed by atoms with Gasteiger partial charge in [-0.3, -0.25) is 14.6 Å². The summed E-state index contributed by atoms with van der Waals surface area (Å²) >= 11 is 0. The average molecular weight is 302 g/mol. The van der Waals surface area contributed by atoms with E-state index in [0.717, 1.165) is 5.69 Å². The van der Waals surface area contributed by atoms with E-state index in [1.807, 2.05) is 50.8 Å². The van der Waals surface area contributed by atoms with Crippen molar-refractivity contribution in [2.45, 2.75) is 59.0 Å². The maximum Gasteiger partial charge on any atom is 0.226 e. The van der Waals surface area contributed by atoms with Gasteiger partial charge >= 0.3 is 0 Å². The minimum Gasteiger partial charge on any atom is -0.332 e. The molecule has 1 aromatic heterocycles. The van der Waals surface area contributed by atoms with E-state index >= 15 is 0 Å². The Bertz CT molecular complexity index is 534. The summed E-state index contributed by atoms with van der Waals surface area (Å²) in [4.78, 5) is 30.9. The quantitative estimate of drug-likeness (QED) is 0.861. The number of carbonyl (C=O) groups excluding carboxylic acids is 2. The predicted octanol–water partition coefficient (Wildman–Crippen LogP) is 3.21. The van der Waals surface area contributed by atoms with Crippen molar-refractivity contribution in [3.63, 3.8) is 0 Å². The highest BCUT2D eigenvalue weighted by molar-refractivity contribution is 5.85. The molecule has 0 bridgehead atoms. The Morgan fingerprint density at radius 1 is 1.36 bits per heavy atom. The van der Waals surface area contributed by atoms with Crippen LogP contribution in [-0.4, -0.2) is 27.1 Å². The molecule has 1 aliphatic carbocycles. The van der Waals surface area contributed by atoms with Crippen molar-refractivity contribution in [3.8, 4) is 0 Å². The number of carbonyl (C=O) groups is 2. The van der Waals surface area contributed by atoms with Crippen molar-refractivity contribution in [2.24, 2.45) is 11.8 Å². The number of ketones is 1. The summed E-state index contributed by atoms with van der Waals surface area (Å²) < 4.78 is 0. The molecule has 0 unspecified atom stereocenters. The van der Waals surface area contributed by atoms with Crippen LogP contribution in [0, 0.1) is 11.8 Å². The van der Waals surface area contributed by atoms with Crippen molar-refractivity contribution >= 4 is 11.7 Å². The third-order valence-corrected chi connectivity index (χ3v) is 4.41. The van der Waals surface area contributed by atoms with Crippen LogP contribution >= 0.6 is 0 Å². The molecule has 1 aliphatic rings. The first kappa shape index (κ1) is 16.7. The maximum absolute atomic E-state index is 13.1. The largest absolute Gasteiger partial charge is 0.332 e. The number of amides is 1. The molecule has 1 saturated carbocycles. The highest BCUT2D eigenvalue weighted by Crippen LogP contribution is 2.31. The van der Waals surface area contributed by atoms with Crippen LogP contribution in [0.15, 0.2) is 24.4 Å². The van der Waals surface area contributed by atoms with Gasteiger partial charge in [0, 0.05) is 30.5 Å². The molecular weight excluding hydrogens is 276 g/mol. The molecule has 22 heavy (non-hydrogen) atoms. The number of hydrogen-bond acceptors (Lipinski definition) is 3. The molecule has 120 valence electrons. The molecular formula is C18H26N2O2. The predicted molar refractivity (Wildman–Crippen MR) is 86.1 cm³/mol. The van der Waals surface area contributed by atoms with Crippen molar-refractivity contribution in [3.05, 3.63) is 30.1 Å². The fourth-order valence-electron chi connectivity index (χ4n) is 3.07. The molecule has 0 aliphatic heterocycles. The van der Waals surface area contributed by atoms with Crippen molar-refractivity contribution in [1.82, 2.24) is 9.88 Å². The first-order valence-electron chi connectivity index (χ1n) is 8.02. The molecule has 0 N–H and O–H groups in total. The number of hydrogen-bond donors (Lipinski definition) is 0. The van der Waals surface area contributed by atoms with E-state index in [1.54, 1.807) is 6.20 Å².